The number of hydrogen-bond donors (Lipinski definition) is 1. The van der Waals surface area contributed by atoms with E-state index in [4.69, 9.17) is 4.74 Å². The van der Waals surface area contributed by atoms with Crippen molar-refractivity contribution < 1.29 is 18.7 Å². The maximum Gasteiger partial charge on any atom is 0.325 e. The molecule has 0 aliphatic heterocycles. The third kappa shape index (κ3) is 2.85. The minimum Gasteiger partial charge on any atom is -0.494 e. The lowest BCUT2D eigenvalue weighted by Crippen LogP contribution is -2.16. The Hall–Kier alpha value is -1.30. The number of nitrogens with one attached hydrogen (secondary N) is 1. The summed E-state index contributed by atoms with van der Waals surface area (Å²) < 4.78 is 23.4. The number of rotatable bonds is 4. The van der Waals surface area contributed by atoms with E-state index >= 15 is 0 Å². The summed E-state index contributed by atoms with van der Waals surface area (Å²) in [6.07, 6.45) is 0. The maximum atomic E-state index is 13.7. The topological polar surface area (TPSA) is 47.6 Å². The predicted molar refractivity (Wildman–Crippen MR) is 61.2 cm³/mol. The second-order valence-electron chi connectivity index (χ2n) is 2.87. The van der Waals surface area contributed by atoms with E-state index in [1.807, 2.05) is 0 Å². The molecule has 1 aromatic rings. The number of benzene rings is 1. The van der Waals surface area contributed by atoms with Gasteiger partial charge in [-0.25, -0.2) is 4.39 Å². The maximum absolute atomic E-state index is 13.7. The lowest BCUT2D eigenvalue weighted by molar-refractivity contribution is -0.138. The first-order valence-corrected chi connectivity index (χ1v) is 5.22. The van der Waals surface area contributed by atoms with Crippen molar-refractivity contribution in [1.82, 2.24) is 0 Å². The zero-order chi connectivity index (χ0) is 12.1. The highest BCUT2D eigenvalue weighted by Crippen LogP contribution is 2.32. The van der Waals surface area contributed by atoms with Gasteiger partial charge >= 0.3 is 5.97 Å². The van der Waals surface area contributed by atoms with Crippen LogP contribution in [0.1, 0.15) is 0 Å². The van der Waals surface area contributed by atoms with Crippen molar-refractivity contribution in [2.75, 3.05) is 26.1 Å². The highest BCUT2D eigenvalue weighted by atomic mass is 79.9. The van der Waals surface area contributed by atoms with E-state index < -0.39 is 11.8 Å². The van der Waals surface area contributed by atoms with Gasteiger partial charge in [0, 0.05) is 0 Å². The molecule has 16 heavy (non-hydrogen) atoms. The van der Waals surface area contributed by atoms with Crippen molar-refractivity contribution in [3.63, 3.8) is 0 Å². The average Bonchev–Trinajstić information content (AvgIpc) is 2.30. The van der Waals surface area contributed by atoms with Crippen molar-refractivity contribution in [1.29, 1.82) is 0 Å². The number of ether oxygens (including phenoxy) is 2. The number of carbonyl (C=O) groups excluding carboxylic acids is 1. The molecule has 0 bridgehead atoms. The molecule has 0 saturated carbocycles. The number of esters is 1. The number of methoxy groups -OCH3 is 2. The SMILES string of the molecule is COC(=O)CNc1c(OC)ccc(Br)c1F. The van der Waals surface area contributed by atoms with Gasteiger partial charge in [0.1, 0.15) is 18.0 Å². The van der Waals surface area contributed by atoms with Crippen LogP contribution in [0.2, 0.25) is 0 Å². The molecule has 1 N–H and O–H groups in total. The van der Waals surface area contributed by atoms with E-state index in [-0.39, 0.29) is 12.2 Å². The highest BCUT2D eigenvalue weighted by molar-refractivity contribution is 9.10. The Morgan fingerprint density at radius 1 is 1.50 bits per heavy atom. The number of hydrogen-bond acceptors (Lipinski definition) is 4. The van der Waals surface area contributed by atoms with Crippen LogP contribution in [-0.2, 0) is 9.53 Å². The van der Waals surface area contributed by atoms with Crippen LogP contribution in [0.25, 0.3) is 0 Å². The fraction of sp³-hybridized carbons (Fsp3) is 0.300. The van der Waals surface area contributed by atoms with Crippen molar-refractivity contribution >= 4 is 27.6 Å². The molecule has 0 unspecified atom stereocenters. The molecule has 1 aromatic carbocycles. The van der Waals surface area contributed by atoms with Crippen molar-refractivity contribution in [3.8, 4) is 5.75 Å². The minimum absolute atomic E-state index is 0.125. The van der Waals surface area contributed by atoms with E-state index in [0.717, 1.165) is 0 Å². The Labute approximate surface area is 101 Å². The summed E-state index contributed by atoms with van der Waals surface area (Å²) in [7, 11) is 2.69. The Balaban J connectivity index is 2.92. The van der Waals surface area contributed by atoms with Crippen LogP contribution >= 0.6 is 15.9 Å². The first-order chi connectivity index (χ1) is 7.60. The quantitative estimate of drug-likeness (QED) is 0.864. The first kappa shape index (κ1) is 12.8. The van der Waals surface area contributed by atoms with Crippen molar-refractivity contribution in [3.05, 3.63) is 22.4 Å². The Morgan fingerprint density at radius 3 is 2.75 bits per heavy atom. The van der Waals surface area contributed by atoms with Crippen LogP contribution in [0.5, 0.6) is 5.75 Å². The summed E-state index contributed by atoms with van der Waals surface area (Å²) in [6, 6.07) is 3.12. The zero-order valence-corrected chi connectivity index (χ0v) is 10.4. The van der Waals surface area contributed by atoms with E-state index in [1.165, 1.54) is 20.3 Å². The van der Waals surface area contributed by atoms with E-state index in [1.54, 1.807) is 6.07 Å². The molecule has 0 radical (unpaired) electrons. The third-order valence-electron chi connectivity index (χ3n) is 1.91. The summed E-state index contributed by atoms with van der Waals surface area (Å²) in [5.41, 5.74) is 0.127. The van der Waals surface area contributed by atoms with E-state index in [0.29, 0.717) is 10.2 Å². The molecule has 0 saturated heterocycles. The molecule has 0 aliphatic carbocycles. The molecule has 0 atom stereocenters. The third-order valence-corrected chi connectivity index (χ3v) is 2.53. The van der Waals surface area contributed by atoms with Crippen LogP contribution < -0.4 is 10.1 Å². The summed E-state index contributed by atoms with van der Waals surface area (Å²) in [6.45, 7) is -0.125. The lowest BCUT2D eigenvalue weighted by atomic mass is 10.2. The Kier molecular flexibility index (Phi) is 4.54. The molecule has 0 amide bonds. The molecule has 88 valence electrons. The van der Waals surface area contributed by atoms with E-state index in [2.05, 4.69) is 26.0 Å². The smallest absolute Gasteiger partial charge is 0.325 e. The molecule has 0 fully saturated rings. The van der Waals surface area contributed by atoms with Crippen molar-refractivity contribution in [2.24, 2.45) is 0 Å². The molecular weight excluding hydrogens is 281 g/mol. The van der Waals surface area contributed by atoms with Crippen LogP contribution in [0.15, 0.2) is 16.6 Å². The molecule has 1 rings (SSSR count). The van der Waals surface area contributed by atoms with Gasteiger partial charge in [0.15, 0.2) is 5.82 Å². The average molecular weight is 292 g/mol. The van der Waals surface area contributed by atoms with E-state index in [9.17, 15) is 9.18 Å². The summed E-state index contributed by atoms with van der Waals surface area (Å²) in [5.74, 6) is -0.672. The molecule has 0 spiro atoms. The van der Waals surface area contributed by atoms with Crippen LogP contribution in [0, 0.1) is 5.82 Å². The van der Waals surface area contributed by atoms with Gasteiger partial charge in [0.25, 0.3) is 0 Å². The first-order valence-electron chi connectivity index (χ1n) is 4.42. The van der Waals surface area contributed by atoms with Gasteiger partial charge in [-0.2, -0.15) is 0 Å². The molecule has 6 heteroatoms. The Morgan fingerprint density at radius 2 is 2.19 bits per heavy atom. The number of carbonyl (C=O) groups is 1. The molecule has 0 aromatic heterocycles. The number of halogens is 2. The van der Waals surface area contributed by atoms with Crippen LogP contribution in [-0.4, -0.2) is 26.7 Å². The van der Waals surface area contributed by atoms with Crippen LogP contribution in [0.3, 0.4) is 0 Å². The van der Waals surface area contributed by atoms with Gasteiger partial charge in [-0.05, 0) is 28.1 Å². The fourth-order valence-corrected chi connectivity index (χ4v) is 1.43. The van der Waals surface area contributed by atoms with Gasteiger partial charge < -0.3 is 14.8 Å². The molecule has 0 aliphatic rings. The van der Waals surface area contributed by atoms with Gasteiger partial charge in [-0.3, -0.25) is 4.79 Å². The number of anilines is 1. The van der Waals surface area contributed by atoms with Crippen molar-refractivity contribution in [2.45, 2.75) is 0 Å². The predicted octanol–water partition coefficient (Wildman–Crippen LogP) is 2.18. The summed E-state index contributed by atoms with van der Waals surface area (Å²) >= 11 is 3.05. The van der Waals surface area contributed by atoms with Gasteiger partial charge in [0.05, 0.1) is 18.7 Å². The zero-order valence-electron chi connectivity index (χ0n) is 8.84. The fourth-order valence-electron chi connectivity index (χ4n) is 1.10. The van der Waals surface area contributed by atoms with Gasteiger partial charge in [0.2, 0.25) is 0 Å². The monoisotopic (exact) mass is 291 g/mol. The second-order valence-corrected chi connectivity index (χ2v) is 3.72. The molecule has 0 heterocycles. The summed E-state index contributed by atoms with van der Waals surface area (Å²) in [5, 5.41) is 2.62. The summed E-state index contributed by atoms with van der Waals surface area (Å²) in [4.78, 5) is 10.9. The van der Waals surface area contributed by atoms with Gasteiger partial charge in [-0.1, -0.05) is 0 Å². The Bertz CT molecular complexity index is 398. The standard InChI is InChI=1S/C10H11BrFNO3/c1-15-7-4-3-6(11)9(12)10(7)13-5-8(14)16-2/h3-4,13H,5H2,1-2H3. The minimum atomic E-state index is -0.511. The normalized spacial score (nSPS) is 9.75. The largest absolute Gasteiger partial charge is 0.494 e. The molecule has 4 nitrogen and oxygen atoms in total. The van der Waals surface area contributed by atoms with Gasteiger partial charge in [-0.15, -0.1) is 0 Å². The second kappa shape index (κ2) is 5.69. The lowest BCUT2D eigenvalue weighted by Gasteiger charge is -2.12. The molecular formula is C10H11BrFNO3. The van der Waals surface area contributed by atoms with Crippen LogP contribution in [0.4, 0.5) is 10.1 Å². The highest BCUT2D eigenvalue weighted by Gasteiger charge is 2.13.